The Morgan fingerprint density at radius 1 is 1.30 bits per heavy atom. The van der Waals surface area contributed by atoms with E-state index < -0.39 is 0 Å². The summed E-state index contributed by atoms with van der Waals surface area (Å²) in [6.07, 6.45) is 2.07. The van der Waals surface area contributed by atoms with Crippen LogP contribution in [0, 0.1) is 6.92 Å². The van der Waals surface area contributed by atoms with Crippen LogP contribution in [0.4, 0.5) is 0 Å². The Morgan fingerprint density at radius 3 is 2.65 bits per heavy atom. The number of esters is 1. The van der Waals surface area contributed by atoms with Gasteiger partial charge in [-0.2, -0.15) is 0 Å². The zero-order valence-corrected chi connectivity index (χ0v) is 13.4. The molecule has 3 rings (SSSR count). The highest BCUT2D eigenvalue weighted by atomic mass is 32.2. The quantitative estimate of drug-likeness (QED) is 0.599. The molecule has 0 radical (unpaired) electrons. The predicted octanol–water partition coefficient (Wildman–Crippen LogP) is 4.61. The molecule has 1 atom stereocenters. The normalized spacial score (nSPS) is 17.8. The highest BCUT2D eigenvalue weighted by molar-refractivity contribution is 7.98. The number of hydrogen-bond acceptors (Lipinski definition) is 4. The number of rotatable bonds is 2. The van der Waals surface area contributed by atoms with Crippen molar-refractivity contribution in [1.82, 2.24) is 0 Å². The van der Waals surface area contributed by atoms with E-state index in [0.717, 1.165) is 0 Å². The summed E-state index contributed by atoms with van der Waals surface area (Å²) in [7, 11) is 0. The molecule has 0 spiro atoms. The zero-order valence-electron chi connectivity index (χ0n) is 11.7. The number of thioether (sulfide) groups is 1. The van der Waals surface area contributed by atoms with Crippen molar-refractivity contribution in [2.24, 2.45) is 0 Å². The predicted molar refractivity (Wildman–Crippen MR) is 84.5 cm³/mol. The van der Waals surface area contributed by atoms with Crippen LogP contribution in [-0.2, 0) is 16.1 Å². The summed E-state index contributed by atoms with van der Waals surface area (Å²) in [5.41, 5.74) is 3.59. The molecule has 1 aliphatic heterocycles. The lowest BCUT2D eigenvalue weighted by Crippen LogP contribution is -2.19. The summed E-state index contributed by atoms with van der Waals surface area (Å²) in [5, 5.41) is 0. The van der Waals surface area contributed by atoms with E-state index in [1.165, 1.54) is 31.3 Å². The van der Waals surface area contributed by atoms with E-state index in [0.29, 0.717) is 6.61 Å². The number of aryl methyl sites for hydroxylation is 1. The Hall–Kier alpha value is -1.26. The smallest absolute Gasteiger partial charge is 0.313 e. The van der Waals surface area contributed by atoms with E-state index in [1.807, 2.05) is 6.92 Å². The van der Waals surface area contributed by atoms with Gasteiger partial charge in [-0.1, -0.05) is 12.1 Å². The summed E-state index contributed by atoms with van der Waals surface area (Å²) in [4.78, 5) is 15.5. The molecule has 1 aliphatic rings. The van der Waals surface area contributed by atoms with Gasteiger partial charge in [0.15, 0.2) is 0 Å². The lowest BCUT2D eigenvalue weighted by atomic mass is 9.91. The van der Waals surface area contributed by atoms with E-state index in [2.05, 4.69) is 37.4 Å². The number of carbonyl (C=O) groups excluding carboxylic acids is 1. The van der Waals surface area contributed by atoms with Crippen molar-refractivity contribution in [3.63, 3.8) is 0 Å². The third-order valence-electron chi connectivity index (χ3n) is 3.71. The van der Waals surface area contributed by atoms with Crippen LogP contribution in [0.5, 0.6) is 0 Å². The second-order valence-electron chi connectivity index (χ2n) is 4.93. The van der Waals surface area contributed by atoms with Crippen LogP contribution in [0.3, 0.4) is 0 Å². The van der Waals surface area contributed by atoms with Gasteiger partial charge in [0.2, 0.25) is 0 Å². The van der Waals surface area contributed by atoms with E-state index in [1.54, 1.807) is 23.1 Å². The van der Waals surface area contributed by atoms with Gasteiger partial charge >= 0.3 is 5.97 Å². The van der Waals surface area contributed by atoms with Gasteiger partial charge in [-0.25, -0.2) is 0 Å². The van der Waals surface area contributed by atoms with Crippen LogP contribution in [0.2, 0.25) is 0 Å². The number of ether oxygens (including phenoxy) is 1. The zero-order chi connectivity index (χ0) is 14.3. The van der Waals surface area contributed by atoms with Crippen molar-refractivity contribution in [2.45, 2.75) is 31.3 Å². The van der Waals surface area contributed by atoms with E-state index in [-0.39, 0.29) is 11.9 Å². The van der Waals surface area contributed by atoms with Crippen molar-refractivity contribution in [1.29, 1.82) is 0 Å². The standard InChI is InChI=1S/C16H16O2S2/c1-9-14-13(8-18-16(9)17)20-10(2)15(14)11-4-6-12(19-3)7-5-11/h4-7,9H,8H2,1-3H3. The monoisotopic (exact) mass is 304 g/mol. The lowest BCUT2D eigenvalue weighted by Gasteiger charge is -2.20. The lowest BCUT2D eigenvalue weighted by molar-refractivity contribution is -0.147. The maximum atomic E-state index is 11.8. The highest BCUT2D eigenvalue weighted by Gasteiger charge is 2.31. The third kappa shape index (κ3) is 2.17. The molecule has 0 N–H and O–H groups in total. The molecule has 1 aromatic heterocycles. The Morgan fingerprint density at radius 2 is 2.00 bits per heavy atom. The summed E-state index contributed by atoms with van der Waals surface area (Å²) < 4.78 is 5.23. The molecule has 0 bridgehead atoms. The largest absolute Gasteiger partial charge is 0.459 e. The molecule has 0 aliphatic carbocycles. The molecule has 2 nitrogen and oxygen atoms in total. The molecule has 0 saturated heterocycles. The van der Waals surface area contributed by atoms with Crippen molar-refractivity contribution in [3.8, 4) is 11.1 Å². The minimum atomic E-state index is -0.168. The van der Waals surface area contributed by atoms with Crippen LogP contribution in [0.15, 0.2) is 29.2 Å². The molecule has 0 saturated carbocycles. The number of thiophene rings is 1. The van der Waals surface area contributed by atoms with Crippen molar-refractivity contribution < 1.29 is 9.53 Å². The molecule has 4 heteroatoms. The van der Waals surface area contributed by atoms with Crippen molar-refractivity contribution in [3.05, 3.63) is 39.6 Å². The maximum Gasteiger partial charge on any atom is 0.313 e. The Kier molecular flexibility index (Phi) is 3.61. The fourth-order valence-electron chi connectivity index (χ4n) is 2.68. The summed E-state index contributed by atoms with van der Waals surface area (Å²) >= 11 is 3.48. The first-order valence-corrected chi connectivity index (χ1v) is 8.59. The van der Waals surface area contributed by atoms with Gasteiger partial charge in [0, 0.05) is 14.6 Å². The Labute approximate surface area is 127 Å². The summed E-state index contributed by atoms with van der Waals surface area (Å²) in [6, 6.07) is 8.56. The molecule has 1 aromatic carbocycles. The van der Waals surface area contributed by atoms with Gasteiger partial charge in [0.05, 0.1) is 5.92 Å². The molecular weight excluding hydrogens is 288 g/mol. The molecular formula is C16H16O2S2. The maximum absolute atomic E-state index is 11.8. The topological polar surface area (TPSA) is 26.3 Å². The van der Waals surface area contributed by atoms with Gasteiger partial charge in [-0.05, 0) is 48.9 Å². The van der Waals surface area contributed by atoms with Crippen molar-refractivity contribution in [2.75, 3.05) is 6.26 Å². The summed E-state index contributed by atoms with van der Waals surface area (Å²) in [6.45, 7) is 4.48. The molecule has 104 valence electrons. The average Bonchev–Trinajstić information content (AvgIpc) is 2.80. The number of hydrogen-bond donors (Lipinski definition) is 0. The van der Waals surface area contributed by atoms with Gasteiger partial charge in [-0.3, -0.25) is 4.79 Å². The fraction of sp³-hybridized carbons (Fsp3) is 0.312. The van der Waals surface area contributed by atoms with E-state index >= 15 is 0 Å². The number of carbonyl (C=O) groups is 1. The fourth-order valence-corrected chi connectivity index (χ4v) is 4.30. The molecule has 20 heavy (non-hydrogen) atoms. The van der Waals surface area contributed by atoms with Crippen LogP contribution in [-0.4, -0.2) is 12.2 Å². The van der Waals surface area contributed by atoms with Gasteiger partial charge in [0.25, 0.3) is 0 Å². The van der Waals surface area contributed by atoms with Crippen LogP contribution in [0.25, 0.3) is 11.1 Å². The van der Waals surface area contributed by atoms with E-state index in [4.69, 9.17) is 4.74 Å². The second kappa shape index (κ2) is 5.26. The van der Waals surface area contributed by atoms with Gasteiger partial charge < -0.3 is 4.74 Å². The average molecular weight is 304 g/mol. The number of benzene rings is 1. The Balaban J connectivity index is 2.13. The van der Waals surface area contributed by atoms with Crippen LogP contribution in [0.1, 0.15) is 28.2 Å². The first-order valence-electron chi connectivity index (χ1n) is 6.55. The van der Waals surface area contributed by atoms with Crippen LogP contribution < -0.4 is 0 Å². The second-order valence-corrected chi connectivity index (χ2v) is 7.12. The Bertz CT molecular complexity index is 656. The molecule has 2 heterocycles. The van der Waals surface area contributed by atoms with Gasteiger partial charge in [0.1, 0.15) is 6.61 Å². The van der Waals surface area contributed by atoms with Crippen molar-refractivity contribution >= 4 is 29.1 Å². The van der Waals surface area contributed by atoms with Crippen LogP contribution >= 0.6 is 23.1 Å². The van der Waals surface area contributed by atoms with Gasteiger partial charge in [-0.15, -0.1) is 23.1 Å². The minimum Gasteiger partial charge on any atom is -0.459 e. The SMILES string of the molecule is CSc1ccc(-c2c(C)sc3c2C(C)C(=O)OC3)cc1. The molecule has 0 amide bonds. The van der Waals surface area contributed by atoms with E-state index in [9.17, 15) is 4.79 Å². The molecule has 2 aromatic rings. The minimum absolute atomic E-state index is 0.114. The first-order chi connectivity index (χ1) is 9.61. The summed E-state index contributed by atoms with van der Waals surface area (Å²) in [5.74, 6) is -0.281. The first kappa shape index (κ1) is 13.7. The molecule has 1 unspecified atom stereocenters. The third-order valence-corrected chi connectivity index (χ3v) is 5.55. The molecule has 0 fully saturated rings. The number of cyclic esters (lactones) is 1. The number of fused-ring (bicyclic) bond motifs is 1. The highest BCUT2D eigenvalue weighted by Crippen LogP contribution is 2.43.